The lowest BCUT2D eigenvalue weighted by atomic mass is 9.77. The molecule has 1 saturated carbocycles. The van der Waals surface area contributed by atoms with Gasteiger partial charge in [0.2, 0.25) is 0 Å². The molecule has 0 aliphatic heterocycles. The first-order chi connectivity index (χ1) is 8.13. The number of carbonyl (C=O) groups is 1. The van der Waals surface area contributed by atoms with E-state index in [2.05, 4.69) is 6.92 Å². The van der Waals surface area contributed by atoms with Crippen LogP contribution in [0.5, 0.6) is 5.75 Å². The highest BCUT2D eigenvalue weighted by Crippen LogP contribution is 2.39. The van der Waals surface area contributed by atoms with Crippen molar-refractivity contribution in [1.29, 1.82) is 0 Å². The molecule has 1 fully saturated rings. The van der Waals surface area contributed by atoms with Gasteiger partial charge in [0.15, 0.2) is 0 Å². The molecule has 17 heavy (non-hydrogen) atoms. The number of benzene rings is 1. The average Bonchev–Trinajstić information content (AvgIpc) is 2.26. The SMILES string of the molecule is CCc1ccc(OC2(CC(=O)O)CCC2)cc1. The summed E-state index contributed by atoms with van der Waals surface area (Å²) in [6.07, 6.45) is 3.84. The van der Waals surface area contributed by atoms with Crippen LogP contribution in [0.25, 0.3) is 0 Å². The largest absolute Gasteiger partial charge is 0.487 e. The minimum absolute atomic E-state index is 0.0997. The molecule has 0 amide bonds. The first kappa shape index (κ1) is 12.0. The molecule has 1 aromatic carbocycles. The molecule has 92 valence electrons. The van der Waals surface area contributed by atoms with E-state index in [1.807, 2.05) is 24.3 Å². The van der Waals surface area contributed by atoms with Crippen LogP contribution in [0.15, 0.2) is 24.3 Å². The number of rotatable bonds is 5. The van der Waals surface area contributed by atoms with Gasteiger partial charge in [-0.1, -0.05) is 19.1 Å². The summed E-state index contributed by atoms with van der Waals surface area (Å²) in [7, 11) is 0. The molecule has 0 bridgehead atoms. The van der Waals surface area contributed by atoms with E-state index in [4.69, 9.17) is 9.84 Å². The van der Waals surface area contributed by atoms with E-state index in [0.29, 0.717) is 0 Å². The second kappa shape index (κ2) is 4.78. The first-order valence-corrected chi connectivity index (χ1v) is 6.13. The predicted molar refractivity (Wildman–Crippen MR) is 65.3 cm³/mol. The van der Waals surface area contributed by atoms with Crippen LogP contribution in [0.2, 0.25) is 0 Å². The highest BCUT2D eigenvalue weighted by molar-refractivity contribution is 5.68. The molecule has 0 aromatic heterocycles. The molecule has 1 aromatic rings. The fourth-order valence-electron chi connectivity index (χ4n) is 2.20. The zero-order valence-corrected chi connectivity index (χ0v) is 10.1. The molecule has 0 radical (unpaired) electrons. The number of carboxylic acid groups (broad SMARTS) is 1. The Morgan fingerprint density at radius 2 is 2.00 bits per heavy atom. The molecule has 1 N–H and O–H groups in total. The monoisotopic (exact) mass is 234 g/mol. The maximum absolute atomic E-state index is 10.8. The van der Waals surface area contributed by atoms with Crippen molar-refractivity contribution in [3.8, 4) is 5.75 Å². The van der Waals surface area contributed by atoms with Gasteiger partial charge in [-0.25, -0.2) is 0 Å². The standard InChI is InChI=1S/C14H18O3/c1-2-11-4-6-12(7-5-11)17-14(8-3-9-14)10-13(15)16/h4-7H,2-3,8-10H2,1H3,(H,15,16). The summed E-state index contributed by atoms with van der Waals surface area (Å²) in [5.74, 6) is -0.00183. The summed E-state index contributed by atoms with van der Waals surface area (Å²) in [5.41, 5.74) is 0.803. The van der Waals surface area contributed by atoms with E-state index in [9.17, 15) is 4.79 Å². The third kappa shape index (κ3) is 2.78. The number of ether oxygens (including phenoxy) is 1. The Hall–Kier alpha value is -1.51. The van der Waals surface area contributed by atoms with Crippen molar-refractivity contribution in [2.45, 2.75) is 44.6 Å². The Morgan fingerprint density at radius 3 is 2.41 bits per heavy atom. The summed E-state index contributed by atoms with van der Waals surface area (Å²) in [5, 5.41) is 8.89. The maximum atomic E-state index is 10.8. The number of aryl methyl sites for hydroxylation is 1. The van der Waals surface area contributed by atoms with Crippen molar-refractivity contribution < 1.29 is 14.6 Å². The average molecular weight is 234 g/mol. The molecule has 0 spiro atoms. The number of hydrogen-bond donors (Lipinski definition) is 1. The molecule has 2 rings (SSSR count). The fraction of sp³-hybridized carbons (Fsp3) is 0.500. The van der Waals surface area contributed by atoms with Crippen molar-refractivity contribution in [3.63, 3.8) is 0 Å². The van der Waals surface area contributed by atoms with Crippen molar-refractivity contribution in [2.24, 2.45) is 0 Å². The van der Waals surface area contributed by atoms with Crippen LogP contribution in [-0.2, 0) is 11.2 Å². The molecular weight excluding hydrogens is 216 g/mol. The van der Waals surface area contributed by atoms with Crippen LogP contribution in [0, 0.1) is 0 Å². The second-order valence-electron chi connectivity index (χ2n) is 4.71. The van der Waals surface area contributed by atoms with E-state index < -0.39 is 11.6 Å². The lowest BCUT2D eigenvalue weighted by Gasteiger charge is -2.40. The van der Waals surface area contributed by atoms with Gasteiger partial charge in [0.1, 0.15) is 11.4 Å². The zero-order valence-electron chi connectivity index (χ0n) is 10.1. The van der Waals surface area contributed by atoms with Crippen LogP contribution in [0.1, 0.15) is 38.2 Å². The van der Waals surface area contributed by atoms with E-state index in [1.165, 1.54) is 5.56 Å². The van der Waals surface area contributed by atoms with Crippen LogP contribution in [-0.4, -0.2) is 16.7 Å². The lowest BCUT2D eigenvalue weighted by molar-refractivity contribution is -0.144. The van der Waals surface area contributed by atoms with Crippen molar-refractivity contribution in [1.82, 2.24) is 0 Å². The molecule has 3 nitrogen and oxygen atoms in total. The van der Waals surface area contributed by atoms with Gasteiger partial charge in [0, 0.05) is 0 Å². The van der Waals surface area contributed by atoms with Crippen LogP contribution >= 0.6 is 0 Å². The smallest absolute Gasteiger partial charge is 0.307 e. The Bertz CT molecular complexity index is 390. The topological polar surface area (TPSA) is 46.5 Å². The van der Waals surface area contributed by atoms with Gasteiger partial charge in [-0.15, -0.1) is 0 Å². The van der Waals surface area contributed by atoms with Gasteiger partial charge < -0.3 is 9.84 Å². The van der Waals surface area contributed by atoms with Gasteiger partial charge in [0.05, 0.1) is 6.42 Å². The lowest BCUT2D eigenvalue weighted by Crippen LogP contribution is -2.45. The highest BCUT2D eigenvalue weighted by atomic mass is 16.5. The van der Waals surface area contributed by atoms with Gasteiger partial charge in [-0.2, -0.15) is 0 Å². The molecule has 0 heterocycles. The third-order valence-corrected chi connectivity index (χ3v) is 3.40. The van der Waals surface area contributed by atoms with Gasteiger partial charge in [-0.05, 0) is 43.4 Å². The Kier molecular flexibility index (Phi) is 3.36. The molecule has 3 heteroatoms. The normalized spacial score (nSPS) is 17.2. The molecule has 0 atom stereocenters. The molecule has 1 aliphatic rings. The van der Waals surface area contributed by atoms with E-state index in [-0.39, 0.29) is 6.42 Å². The number of carboxylic acids is 1. The van der Waals surface area contributed by atoms with Crippen LogP contribution < -0.4 is 4.74 Å². The van der Waals surface area contributed by atoms with E-state index >= 15 is 0 Å². The minimum atomic E-state index is -0.783. The summed E-state index contributed by atoms with van der Waals surface area (Å²) >= 11 is 0. The number of aliphatic carboxylic acids is 1. The Morgan fingerprint density at radius 1 is 1.35 bits per heavy atom. The summed E-state index contributed by atoms with van der Waals surface area (Å²) in [6, 6.07) is 7.92. The minimum Gasteiger partial charge on any atom is -0.487 e. The quantitative estimate of drug-likeness (QED) is 0.851. The van der Waals surface area contributed by atoms with Crippen LogP contribution in [0.4, 0.5) is 0 Å². The van der Waals surface area contributed by atoms with Crippen LogP contribution in [0.3, 0.4) is 0 Å². The first-order valence-electron chi connectivity index (χ1n) is 6.13. The third-order valence-electron chi connectivity index (χ3n) is 3.40. The van der Waals surface area contributed by atoms with E-state index in [0.717, 1.165) is 31.4 Å². The zero-order chi connectivity index (χ0) is 12.3. The van der Waals surface area contributed by atoms with Gasteiger partial charge >= 0.3 is 5.97 Å². The van der Waals surface area contributed by atoms with Gasteiger partial charge in [-0.3, -0.25) is 4.79 Å². The van der Waals surface area contributed by atoms with Crippen molar-refractivity contribution in [3.05, 3.63) is 29.8 Å². The predicted octanol–water partition coefficient (Wildman–Crippen LogP) is 3.03. The molecular formula is C14H18O3. The van der Waals surface area contributed by atoms with E-state index in [1.54, 1.807) is 0 Å². The maximum Gasteiger partial charge on any atom is 0.307 e. The van der Waals surface area contributed by atoms with Crippen molar-refractivity contribution in [2.75, 3.05) is 0 Å². The summed E-state index contributed by atoms with van der Waals surface area (Å²) in [4.78, 5) is 10.8. The van der Waals surface area contributed by atoms with Crippen molar-refractivity contribution >= 4 is 5.97 Å². The molecule has 1 aliphatic carbocycles. The second-order valence-corrected chi connectivity index (χ2v) is 4.71. The highest BCUT2D eigenvalue weighted by Gasteiger charge is 2.41. The number of hydrogen-bond acceptors (Lipinski definition) is 2. The van der Waals surface area contributed by atoms with Gasteiger partial charge in [0.25, 0.3) is 0 Å². The molecule has 0 unspecified atom stereocenters. The molecule has 0 saturated heterocycles. The Balaban J connectivity index is 2.04. The Labute approximate surface area is 101 Å². The summed E-state index contributed by atoms with van der Waals surface area (Å²) < 4.78 is 5.87. The summed E-state index contributed by atoms with van der Waals surface area (Å²) in [6.45, 7) is 2.10. The fourth-order valence-corrected chi connectivity index (χ4v) is 2.20.